The standard InChI is InChI=1S/C23H23FN6O/c1-14-4-2-5-17(12-14)30-21(25)19-20(15-7-9-16(24)10-8-15)27-23(28-22(19)29-30)26-13-18-6-3-11-31-18/h2,4-5,7-10,12,18H,3,6,11,13,25H2,1H3,(H,26,28,29)/t18-/m1/s1. The van der Waals surface area contributed by atoms with E-state index < -0.39 is 0 Å². The molecule has 8 heteroatoms. The van der Waals surface area contributed by atoms with Gasteiger partial charge < -0.3 is 15.8 Å². The molecule has 1 saturated heterocycles. The van der Waals surface area contributed by atoms with Crippen molar-refractivity contribution in [3.8, 4) is 16.9 Å². The lowest BCUT2D eigenvalue weighted by molar-refractivity contribution is 0.120. The second kappa shape index (κ2) is 7.96. The lowest BCUT2D eigenvalue weighted by Crippen LogP contribution is -2.19. The molecule has 1 fully saturated rings. The summed E-state index contributed by atoms with van der Waals surface area (Å²) in [5.41, 5.74) is 10.3. The predicted molar refractivity (Wildman–Crippen MR) is 119 cm³/mol. The molecule has 1 aliphatic heterocycles. The van der Waals surface area contributed by atoms with Gasteiger partial charge in [-0.1, -0.05) is 12.1 Å². The van der Waals surface area contributed by atoms with E-state index in [2.05, 4.69) is 15.4 Å². The van der Waals surface area contributed by atoms with Gasteiger partial charge in [0.25, 0.3) is 0 Å². The number of aromatic nitrogens is 4. The Morgan fingerprint density at radius 1 is 1.19 bits per heavy atom. The molecule has 4 aromatic rings. The van der Waals surface area contributed by atoms with E-state index in [4.69, 9.17) is 15.5 Å². The zero-order valence-corrected chi connectivity index (χ0v) is 17.2. The van der Waals surface area contributed by atoms with E-state index in [0.717, 1.165) is 36.3 Å². The first kappa shape index (κ1) is 19.4. The minimum absolute atomic E-state index is 0.142. The summed E-state index contributed by atoms with van der Waals surface area (Å²) in [6.45, 7) is 3.41. The minimum Gasteiger partial charge on any atom is -0.383 e. The van der Waals surface area contributed by atoms with Gasteiger partial charge in [0.1, 0.15) is 11.6 Å². The molecule has 31 heavy (non-hydrogen) atoms. The number of nitrogens with zero attached hydrogens (tertiary/aromatic N) is 4. The van der Waals surface area contributed by atoms with E-state index in [0.29, 0.717) is 35.0 Å². The molecule has 5 rings (SSSR count). The third-order valence-corrected chi connectivity index (χ3v) is 5.44. The Labute approximate surface area is 179 Å². The van der Waals surface area contributed by atoms with Crippen molar-refractivity contribution in [3.63, 3.8) is 0 Å². The summed E-state index contributed by atoms with van der Waals surface area (Å²) in [4.78, 5) is 9.32. The van der Waals surface area contributed by atoms with Crippen LogP contribution in [0.1, 0.15) is 18.4 Å². The molecule has 2 aromatic carbocycles. The molecule has 1 atom stereocenters. The predicted octanol–water partition coefficient (Wildman–Crippen LogP) is 4.10. The van der Waals surface area contributed by atoms with Crippen LogP contribution in [0.5, 0.6) is 0 Å². The molecule has 158 valence electrons. The van der Waals surface area contributed by atoms with E-state index in [1.807, 2.05) is 31.2 Å². The van der Waals surface area contributed by atoms with Crippen molar-refractivity contribution in [2.45, 2.75) is 25.9 Å². The minimum atomic E-state index is -0.311. The molecule has 0 bridgehead atoms. The summed E-state index contributed by atoms with van der Waals surface area (Å²) in [6.07, 6.45) is 2.21. The molecule has 0 unspecified atom stereocenters. The van der Waals surface area contributed by atoms with Gasteiger partial charge in [-0.25, -0.2) is 14.1 Å². The highest BCUT2D eigenvalue weighted by Crippen LogP contribution is 2.33. The van der Waals surface area contributed by atoms with Crippen LogP contribution >= 0.6 is 0 Å². The number of aryl methyl sites for hydroxylation is 1. The Bertz CT molecular complexity index is 1230. The zero-order chi connectivity index (χ0) is 21.4. The number of hydrogen-bond acceptors (Lipinski definition) is 6. The Morgan fingerprint density at radius 2 is 2.03 bits per heavy atom. The van der Waals surface area contributed by atoms with Crippen molar-refractivity contribution in [1.29, 1.82) is 0 Å². The van der Waals surface area contributed by atoms with Crippen LogP contribution in [0, 0.1) is 12.7 Å². The van der Waals surface area contributed by atoms with E-state index >= 15 is 0 Å². The monoisotopic (exact) mass is 418 g/mol. The van der Waals surface area contributed by atoms with Crippen LogP contribution in [0.25, 0.3) is 28.0 Å². The van der Waals surface area contributed by atoms with Crippen LogP contribution in [0.4, 0.5) is 16.2 Å². The maximum atomic E-state index is 13.5. The number of halogens is 1. The molecule has 0 radical (unpaired) electrons. The van der Waals surface area contributed by atoms with Gasteiger partial charge in [0.15, 0.2) is 5.65 Å². The van der Waals surface area contributed by atoms with Crippen molar-refractivity contribution in [3.05, 3.63) is 59.9 Å². The van der Waals surface area contributed by atoms with Crippen LogP contribution in [0.2, 0.25) is 0 Å². The Morgan fingerprint density at radius 3 is 2.77 bits per heavy atom. The van der Waals surface area contributed by atoms with Gasteiger partial charge >= 0.3 is 0 Å². The summed E-state index contributed by atoms with van der Waals surface area (Å²) in [5, 5.41) is 8.56. The summed E-state index contributed by atoms with van der Waals surface area (Å²) < 4.78 is 20.9. The van der Waals surface area contributed by atoms with Gasteiger partial charge in [-0.2, -0.15) is 4.98 Å². The molecule has 0 saturated carbocycles. The molecule has 1 aliphatic rings. The third kappa shape index (κ3) is 3.82. The number of nitrogens with two attached hydrogens (primary N) is 1. The second-order valence-corrected chi connectivity index (χ2v) is 7.75. The quantitative estimate of drug-likeness (QED) is 0.507. The van der Waals surface area contributed by atoms with Crippen molar-refractivity contribution >= 4 is 22.8 Å². The van der Waals surface area contributed by atoms with Gasteiger partial charge in [-0.05, 0) is 61.7 Å². The van der Waals surface area contributed by atoms with Gasteiger partial charge in [-0.15, -0.1) is 5.10 Å². The number of hydrogen-bond donors (Lipinski definition) is 2. The first-order chi connectivity index (χ1) is 15.1. The van der Waals surface area contributed by atoms with Crippen LogP contribution in [0.15, 0.2) is 48.5 Å². The Kier molecular flexibility index (Phi) is 4.99. The average molecular weight is 418 g/mol. The lowest BCUT2D eigenvalue weighted by Gasteiger charge is -2.12. The molecule has 0 spiro atoms. The van der Waals surface area contributed by atoms with Crippen molar-refractivity contribution in [2.75, 3.05) is 24.2 Å². The topological polar surface area (TPSA) is 90.9 Å². The summed E-state index contributed by atoms with van der Waals surface area (Å²) in [6, 6.07) is 14.1. The Hall–Kier alpha value is -3.52. The molecule has 2 aromatic heterocycles. The summed E-state index contributed by atoms with van der Waals surface area (Å²) in [7, 11) is 0. The zero-order valence-electron chi connectivity index (χ0n) is 17.2. The summed E-state index contributed by atoms with van der Waals surface area (Å²) >= 11 is 0. The first-order valence-electron chi connectivity index (χ1n) is 10.3. The fourth-order valence-electron chi connectivity index (χ4n) is 3.87. The molecule has 7 nitrogen and oxygen atoms in total. The number of nitrogens with one attached hydrogen (secondary N) is 1. The van der Waals surface area contributed by atoms with Crippen LogP contribution in [0.3, 0.4) is 0 Å². The fraction of sp³-hybridized carbons (Fsp3) is 0.261. The highest BCUT2D eigenvalue weighted by atomic mass is 19.1. The normalized spacial score (nSPS) is 16.1. The van der Waals surface area contributed by atoms with Gasteiger partial charge in [0, 0.05) is 18.7 Å². The fourth-order valence-corrected chi connectivity index (χ4v) is 3.87. The Balaban J connectivity index is 1.63. The van der Waals surface area contributed by atoms with E-state index in [1.165, 1.54) is 12.1 Å². The molecule has 0 aliphatic carbocycles. The summed E-state index contributed by atoms with van der Waals surface area (Å²) in [5.74, 6) is 0.566. The maximum Gasteiger partial charge on any atom is 0.225 e. The van der Waals surface area contributed by atoms with Crippen molar-refractivity contribution in [2.24, 2.45) is 0 Å². The van der Waals surface area contributed by atoms with Crippen molar-refractivity contribution in [1.82, 2.24) is 19.7 Å². The van der Waals surface area contributed by atoms with Crippen LogP contribution in [-0.4, -0.2) is 39.0 Å². The molecule has 3 N–H and O–H groups in total. The van der Waals surface area contributed by atoms with Gasteiger partial charge in [0.05, 0.1) is 22.9 Å². The number of nitrogen functional groups attached to an aromatic ring is 1. The second-order valence-electron chi connectivity index (χ2n) is 7.75. The van der Waals surface area contributed by atoms with E-state index in [9.17, 15) is 4.39 Å². The molecule has 0 amide bonds. The van der Waals surface area contributed by atoms with Gasteiger partial charge in [0.2, 0.25) is 5.95 Å². The van der Waals surface area contributed by atoms with E-state index in [-0.39, 0.29) is 11.9 Å². The maximum absolute atomic E-state index is 13.5. The number of ether oxygens (including phenoxy) is 1. The van der Waals surface area contributed by atoms with Crippen LogP contribution in [-0.2, 0) is 4.74 Å². The lowest BCUT2D eigenvalue weighted by atomic mass is 10.1. The number of rotatable bonds is 5. The van der Waals surface area contributed by atoms with Crippen LogP contribution < -0.4 is 11.1 Å². The molecular weight excluding hydrogens is 395 g/mol. The SMILES string of the molecule is Cc1cccc(-n2nc3nc(NC[C@H]4CCCO4)nc(-c4ccc(F)cc4)c3c2N)c1. The largest absolute Gasteiger partial charge is 0.383 e. The van der Waals surface area contributed by atoms with Crippen molar-refractivity contribution < 1.29 is 9.13 Å². The number of benzene rings is 2. The molecular formula is C23H23FN6O. The average Bonchev–Trinajstić information content (AvgIpc) is 3.40. The molecule has 3 heterocycles. The number of anilines is 2. The van der Waals surface area contributed by atoms with E-state index in [1.54, 1.807) is 16.8 Å². The highest BCUT2D eigenvalue weighted by molar-refractivity contribution is 5.99. The first-order valence-corrected chi connectivity index (χ1v) is 10.3. The van der Waals surface area contributed by atoms with Gasteiger partial charge in [-0.3, -0.25) is 0 Å². The smallest absolute Gasteiger partial charge is 0.225 e. The number of fused-ring (bicyclic) bond motifs is 1. The third-order valence-electron chi connectivity index (χ3n) is 5.44. The highest BCUT2D eigenvalue weighted by Gasteiger charge is 2.21.